The van der Waals surface area contributed by atoms with Gasteiger partial charge in [-0.05, 0) is 86.0 Å². The van der Waals surface area contributed by atoms with Crippen LogP contribution in [-0.4, -0.2) is 43.2 Å². The lowest BCUT2D eigenvalue weighted by Gasteiger charge is -2.37. The molecule has 2 aromatic heterocycles. The van der Waals surface area contributed by atoms with Gasteiger partial charge in [0.2, 0.25) is 0 Å². The zero-order valence-corrected chi connectivity index (χ0v) is 18.6. The molecule has 0 radical (unpaired) electrons. The van der Waals surface area contributed by atoms with E-state index in [1.165, 1.54) is 6.42 Å². The first-order valence-electron chi connectivity index (χ1n) is 11.0. The van der Waals surface area contributed by atoms with Gasteiger partial charge >= 0.3 is 0 Å². The molecule has 0 bridgehead atoms. The Labute approximate surface area is 177 Å². The van der Waals surface area contributed by atoms with Gasteiger partial charge in [0.05, 0.1) is 5.54 Å². The van der Waals surface area contributed by atoms with E-state index >= 15 is 0 Å². The van der Waals surface area contributed by atoms with Crippen molar-refractivity contribution in [1.29, 1.82) is 0 Å². The zero-order chi connectivity index (χ0) is 21.5. The topological polar surface area (TPSA) is 79.7 Å². The second kappa shape index (κ2) is 7.95. The van der Waals surface area contributed by atoms with Crippen LogP contribution in [0.4, 0.5) is 0 Å². The fourth-order valence-electron chi connectivity index (χ4n) is 4.44. The molecule has 3 heterocycles. The van der Waals surface area contributed by atoms with Gasteiger partial charge in [0, 0.05) is 17.6 Å². The molecule has 0 aliphatic carbocycles. The summed E-state index contributed by atoms with van der Waals surface area (Å²) in [6.45, 7) is 12.6. The number of likely N-dealkylation sites (tertiary alicyclic amines) is 1. The van der Waals surface area contributed by atoms with E-state index in [-0.39, 0.29) is 17.1 Å². The van der Waals surface area contributed by atoms with Crippen LogP contribution in [0.1, 0.15) is 70.0 Å². The number of hydrogen-bond donors (Lipinski definition) is 1. The van der Waals surface area contributed by atoms with Gasteiger partial charge in [0.15, 0.2) is 5.82 Å². The van der Waals surface area contributed by atoms with Gasteiger partial charge in [-0.3, -0.25) is 9.69 Å². The minimum Gasteiger partial charge on any atom is -0.322 e. The number of hydrogen-bond acceptors (Lipinski definition) is 5. The highest BCUT2D eigenvalue weighted by molar-refractivity contribution is 5.79. The predicted octanol–water partition coefficient (Wildman–Crippen LogP) is 3.79. The van der Waals surface area contributed by atoms with Crippen LogP contribution in [-0.2, 0) is 5.54 Å². The number of nitrogens with zero attached hydrogens (tertiary/aromatic N) is 5. The molecule has 1 N–H and O–H groups in total. The van der Waals surface area contributed by atoms with E-state index < -0.39 is 0 Å². The monoisotopic (exact) mass is 408 g/mol. The predicted molar refractivity (Wildman–Crippen MR) is 119 cm³/mol. The molecule has 0 amide bonds. The Morgan fingerprint density at radius 1 is 1.30 bits per heavy atom. The third-order valence-electron chi connectivity index (χ3n) is 6.56. The number of nitrogens with one attached hydrogen (secondary N) is 1. The molecule has 4 rings (SSSR count). The van der Waals surface area contributed by atoms with Crippen molar-refractivity contribution >= 4 is 10.9 Å². The Hall–Kier alpha value is -2.54. The fourth-order valence-corrected chi connectivity index (χ4v) is 4.44. The lowest BCUT2D eigenvalue weighted by molar-refractivity contribution is 0.135. The molecular weight excluding hydrogens is 376 g/mol. The number of H-pyrrole nitrogens is 1. The van der Waals surface area contributed by atoms with Crippen LogP contribution in [0.2, 0.25) is 0 Å². The van der Waals surface area contributed by atoms with Crippen LogP contribution in [0, 0.1) is 12.8 Å². The Bertz CT molecular complexity index is 1100. The number of piperidine rings is 1. The van der Waals surface area contributed by atoms with E-state index in [0.29, 0.717) is 11.5 Å². The van der Waals surface area contributed by atoms with E-state index in [0.717, 1.165) is 48.2 Å². The Morgan fingerprint density at radius 3 is 2.83 bits per heavy atom. The van der Waals surface area contributed by atoms with Gasteiger partial charge < -0.3 is 4.98 Å². The minimum absolute atomic E-state index is 0.0693. The van der Waals surface area contributed by atoms with Gasteiger partial charge in [0.1, 0.15) is 6.04 Å². The highest BCUT2D eigenvalue weighted by atomic mass is 16.1. The number of aromatic nitrogens is 5. The fraction of sp³-hybridized carbons (Fsp3) is 0.565. The minimum atomic E-state index is -0.275. The summed E-state index contributed by atoms with van der Waals surface area (Å²) in [5.74, 6) is 1.32. The summed E-state index contributed by atoms with van der Waals surface area (Å²) in [5.41, 5.74) is 2.40. The Kier molecular flexibility index (Phi) is 5.49. The number of aryl methyl sites for hydroxylation is 1. The van der Waals surface area contributed by atoms with Crippen molar-refractivity contribution in [3.8, 4) is 0 Å². The van der Waals surface area contributed by atoms with Crippen molar-refractivity contribution in [3.05, 3.63) is 51.6 Å². The summed E-state index contributed by atoms with van der Waals surface area (Å²) < 4.78 is 1.91. The lowest BCUT2D eigenvalue weighted by Crippen LogP contribution is -2.42. The molecule has 1 fully saturated rings. The number of benzene rings is 1. The first-order chi connectivity index (χ1) is 14.3. The van der Waals surface area contributed by atoms with Gasteiger partial charge in [-0.15, -0.1) is 5.10 Å². The molecule has 1 aliphatic heterocycles. The van der Waals surface area contributed by atoms with Crippen molar-refractivity contribution in [2.75, 3.05) is 13.1 Å². The third-order valence-corrected chi connectivity index (χ3v) is 6.56. The van der Waals surface area contributed by atoms with Gasteiger partial charge in [0.25, 0.3) is 5.56 Å². The molecule has 1 saturated heterocycles. The maximum absolute atomic E-state index is 13.3. The maximum Gasteiger partial charge on any atom is 0.253 e. The van der Waals surface area contributed by atoms with E-state index in [4.69, 9.17) is 0 Å². The smallest absolute Gasteiger partial charge is 0.253 e. The van der Waals surface area contributed by atoms with Crippen molar-refractivity contribution < 1.29 is 0 Å². The molecule has 2 atom stereocenters. The first-order valence-corrected chi connectivity index (χ1v) is 11.0. The second-order valence-electron chi connectivity index (χ2n) is 9.40. The molecule has 3 aromatic rings. The number of aromatic amines is 1. The molecule has 7 nitrogen and oxygen atoms in total. The van der Waals surface area contributed by atoms with Gasteiger partial charge in [-0.2, -0.15) is 0 Å². The summed E-state index contributed by atoms with van der Waals surface area (Å²) in [6, 6.07) is 7.91. The van der Waals surface area contributed by atoms with Crippen LogP contribution < -0.4 is 5.56 Å². The molecule has 1 aromatic carbocycles. The molecular formula is C23H32N6O. The van der Waals surface area contributed by atoms with Crippen LogP contribution >= 0.6 is 0 Å². The van der Waals surface area contributed by atoms with E-state index in [2.05, 4.69) is 65.2 Å². The summed E-state index contributed by atoms with van der Waals surface area (Å²) in [4.78, 5) is 18.8. The normalized spacial score (nSPS) is 19.3. The molecule has 2 unspecified atom stereocenters. The largest absolute Gasteiger partial charge is 0.322 e. The van der Waals surface area contributed by atoms with Crippen LogP contribution in [0.25, 0.3) is 10.9 Å². The maximum atomic E-state index is 13.3. The van der Waals surface area contributed by atoms with Gasteiger partial charge in [-0.1, -0.05) is 26.0 Å². The molecule has 0 spiro atoms. The van der Waals surface area contributed by atoms with Crippen molar-refractivity contribution in [1.82, 2.24) is 30.1 Å². The molecule has 0 saturated carbocycles. The Morgan fingerprint density at radius 2 is 2.10 bits per heavy atom. The third kappa shape index (κ3) is 3.78. The average molecular weight is 409 g/mol. The number of pyridine rings is 1. The standard InChI is InChI=1S/C23H32N6O/c1-6-23(4,5)29-21(25-26-27-29)20(28-11-7-8-16(3)14-28)18-13-17-10-9-15(2)12-19(17)24-22(18)30/h9-10,12-13,16,20H,6-8,11,14H2,1-5H3,(H,24,30). The van der Waals surface area contributed by atoms with Crippen molar-refractivity contribution in [3.63, 3.8) is 0 Å². The van der Waals surface area contributed by atoms with Crippen LogP contribution in [0.15, 0.2) is 29.1 Å². The summed E-state index contributed by atoms with van der Waals surface area (Å²) in [6.07, 6.45) is 3.21. The van der Waals surface area contributed by atoms with E-state index in [1.54, 1.807) is 0 Å². The van der Waals surface area contributed by atoms with Gasteiger partial charge in [-0.25, -0.2) is 4.68 Å². The lowest BCUT2D eigenvalue weighted by atomic mass is 9.94. The Balaban J connectivity index is 1.90. The van der Waals surface area contributed by atoms with E-state index in [9.17, 15) is 4.79 Å². The summed E-state index contributed by atoms with van der Waals surface area (Å²) in [7, 11) is 0. The molecule has 30 heavy (non-hydrogen) atoms. The highest BCUT2D eigenvalue weighted by Crippen LogP contribution is 2.33. The van der Waals surface area contributed by atoms with Crippen LogP contribution in [0.5, 0.6) is 0 Å². The van der Waals surface area contributed by atoms with Crippen molar-refractivity contribution in [2.45, 2.75) is 65.5 Å². The van der Waals surface area contributed by atoms with Crippen molar-refractivity contribution in [2.24, 2.45) is 5.92 Å². The first kappa shape index (κ1) is 20.7. The zero-order valence-electron chi connectivity index (χ0n) is 18.6. The SMILES string of the molecule is CCC(C)(C)n1nnnc1C(c1cc2ccc(C)cc2[nH]c1=O)N1CCCC(C)C1. The summed E-state index contributed by atoms with van der Waals surface area (Å²) in [5, 5.41) is 13.8. The number of fused-ring (bicyclic) bond motifs is 1. The summed E-state index contributed by atoms with van der Waals surface area (Å²) >= 11 is 0. The van der Waals surface area contributed by atoms with Crippen LogP contribution in [0.3, 0.4) is 0 Å². The number of rotatable bonds is 5. The molecule has 7 heteroatoms. The second-order valence-corrected chi connectivity index (χ2v) is 9.40. The number of tetrazole rings is 1. The van der Waals surface area contributed by atoms with E-state index in [1.807, 2.05) is 23.7 Å². The highest BCUT2D eigenvalue weighted by Gasteiger charge is 2.35. The average Bonchev–Trinajstić information content (AvgIpc) is 3.19. The quantitative estimate of drug-likeness (QED) is 0.695. The molecule has 160 valence electrons. The molecule has 1 aliphatic rings.